The molecule has 0 amide bonds. The lowest BCUT2D eigenvalue weighted by Gasteiger charge is -2.18. The van der Waals surface area contributed by atoms with Gasteiger partial charge in [-0.05, 0) is 37.8 Å². The highest BCUT2D eigenvalue weighted by Gasteiger charge is 2.27. The molecule has 1 aliphatic carbocycles. The fraction of sp³-hybridized carbons (Fsp3) is 0.500. The van der Waals surface area contributed by atoms with Gasteiger partial charge in [0.15, 0.2) is 6.79 Å². The molecule has 6 heteroatoms. The fourth-order valence-electron chi connectivity index (χ4n) is 1.71. The average molecular weight is 259 g/mol. The molecule has 1 fully saturated rings. The number of aryl methyl sites for hydroxylation is 1. The van der Waals surface area contributed by atoms with Gasteiger partial charge in [0.2, 0.25) is 0 Å². The lowest BCUT2D eigenvalue weighted by Crippen LogP contribution is -2.35. The summed E-state index contributed by atoms with van der Waals surface area (Å²) >= 11 is 0. The van der Waals surface area contributed by atoms with Crippen LogP contribution < -0.4 is 10.2 Å². The van der Waals surface area contributed by atoms with E-state index in [1.54, 1.807) is 0 Å². The summed E-state index contributed by atoms with van der Waals surface area (Å²) in [7, 11) is 0. The van der Waals surface area contributed by atoms with Crippen molar-refractivity contribution in [3.05, 3.63) is 23.8 Å². The van der Waals surface area contributed by atoms with E-state index < -0.39 is 12.4 Å². The Morgan fingerprint density at radius 1 is 1.28 bits per heavy atom. The molecule has 0 aromatic heterocycles. The van der Waals surface area contributed by atoms with Gasteiger partial charge in [-0.1, -0.05) is 11.6 Å². The van der Waals surface area contributed by atoms with Crippen LogP contribution in [-0.4, -0.2) is 20.4 Å². The van der Waals surface area contributed by atoms with Gasteiger partial charge in [-0.2, -0.15) is 0 Å². The zero-order valence-electron chi connectivity index (χ0n) is 10.2. The molecule has 0 saturated heterocycles. The molecule has 0 aliphatic heterocycles. The first-order valence-electron chi connectivity index (χ1n) is 5.98. The maximum atomic E-state index is 12.6. The molecule has 0 N–H and O–H groups in total. The maximum absolute atomic E-state index is 12.6. The van der Waals surface area contributed by atoms with Crippen LogP contribution in [0.4, 0.5) is 12.9 Å². The van der Waals surface area contributed by atoms with E-state index in [-0.39, 0.29) is 12.4 Å². The van der Waals surface area contributed by atoms with Gasteiger partial charge in [0.05, 0.1) is 6.61 Å². The van der Waals surface area contributed by atoms with Gasteiger partial charge in [-0.3, -0.25) is 0 Å². The third-order valence-corrected chi connectivity index (χ3v) is 2.95. The van der Waals surface area contributed by atoms with Crippen LogP contribution in [0.15, 0.2) is 18.2 Å². The molecule has 0 unspecified atom stereocenters. The second-order valence-corrected chi connectivity index (χ2v) is 4.67. The Balaban J connectivity index is 1.87. The summed E-state index contributed by atoms with van der Waals surface area (Å²) in [4.78, 5) is 0. The van der Waals surface area contributed by atoms with E-state index in [1.165, 1.54) is 31.9 Å². The minimum Gasteiger partial charge on any atom is -0.468 e. The molecule has 1 saturated carbocycles. The molecule has 2 nitrogen and oxygen atoms in total. The van der Waals surface area contributed by atoms with Crippen LogP contribution in [0.3, 0.4) is 0 Å². The van der Waals surface area contributed by atoms with E-state index in [1.807, 2.05) is 0 Å². The van der Waals surface area contributed by atoms with Crippen LogP contribution in [-0.2, 0) is 4.74 Å². The van der Waals surface area contributed by atoms with Gasteiger partial charge in [-0.15, -0.1) is 5.46 Å². The van der Waals surface area contributed by atoms with E-state index in [0.29, 0.717) is 18.3 Å². The van der Waals surface area contributed by atoms with Gasteiger partial charge in [0.25, 0.3) is 0 Å². The van der Waals surface area contributed by atoms with Crippen LogP contribution >= 0.6 is 0 Å². The summed E-state index contributed by atoms with van der Waals surface area (Å²) in [5, 5.41) is 0. The Labute approximate surface area is 104 Å². The highest BCUT2D eigenvalue weighted by atomic mass is 19.4. The van der Waals surface area contributed by atoms with Crippen molar-refractivity contribution >= 4 is 12.4 Å². The van der Waals surface area contributed by atoms with Crippen molar-refractivity contribution in [1.82, 2.24) is 0 Å². The predicted octanol–water partition coefficient (Wildman–Crippen LogP) is 2.81. The van der Waals surface area contributed by atoms with E-state index in [9.17, 15) is 12.9 Å². The van der Waals surface area contributed by atoms with E-state index in [0.717, 1.165) is 6.07 Å². The molecule has 0 bridgehead atoms. The maximum Gasteiger partial charge on any atom is 0.509 e. The highest BCUT2D eigenvalue weighted by molar-refractivity contribution is 6.74. The third-order valence-electron chi connectivity index (χ3n) is 2.95. The smallest absolute Gasteiger partial charge is 0.468 e. The molecule has 1 aromatic carbocycles. The first-order valence-corrected chi connectivity index (χ1v) is 5.98. The van der Waals surface area contributed by atoms with Crippen molar-refractivity contribution in [3.63, 3.8) is 0 Å². The monoisotopic (exact) mass is 259 g/mol. The molecule has 0 heterocycles. The normalized spacial score (nSPS) is 15.8. The molecular weight excluding hydrogens is 244 g/mol. The number of ether oxygens (including phenoxy) is 2. The first-order chi connectivity index (χ1) is 8.47. The second-order valence-electron chi connectivity index (χ2n) is 4.67. The molecule has 0 atom stereocenters. The Kier molecular flexibility index (Phi) is 3.85. The molecular formula is C12H15BF3O2-. The molecule has 0 radical (unpaired) electrons. The summed E-state index contributed by atoms with van der Waals surface area (Å²) in [5.41, 5.74) is -0.386. The minimum absolute atomic E-state index is 0.0897. The number of benzene rings is 1. The number of hydrogen-bond acceptors (Lipinski definition) is 2. The van der Waals surface area contributed by atoms with Crippen molar-refractivity contribution in [2.24, 2.45) is 5.92 Å². The van der Waals surface area contributed by atoms with Crippen molar-refractivity contribution in [2.45, 2.75) is 19.8 Å². The Hall–Kier alpha value is -1.17. The summed E-state index contributed by atoms with van der Waals surface area (Å²) in [6.45, 7) is -2.76. The summed E-state index contributed by atoms with van der Waals surface area (Å²) in [5.74, 6) is 1.05. The second kappa shape index (κ2) is 5.22. The number of rotatable bonds is 6. The topological polar surface area (TPSA) is 18.5 Å². The standard InChI is InChI=1S/C12H15BF3O2/c1-9-6-11(4-5-12(9)13(14,15)16)18-8-17-7-10-2-3-10/h4-6,10H,2-3,7-8H2,1H3/q-1. The van der Waals surface area contributed by atoms with Gasteiger partial charge in [-0.25, -0.2) is 0 Å². The number of hydrogen-bond donors (Lipinski definition) is 0. The van der Waals surface area contributed by atoms with Gasteiger partial charge in [0, 0.05) is 0 Å². The van der Waals surface area contributed by atoms with Crippen molar-refractivity contribution in [1.29, 1.82) is 0 Å². The van der Waals surface area contributed by atoms with Crippen molar-refractivity contribution in [3.8, 4) is 5.75 Å². The van der Waals surface area contributed by atoms with Crippen LogP contribution in [0, 0.1) is 12.8 Å². The van der Waals surface area contributed by atoms with Crippen LogP contribution in [0.25, 0.3) is 0 Å². The highest BCUT2D eigenvalue weighted by Crippen LogP contribution is 2.28. The van der Waals surface area contributed by atoms with E-state index >= 15 is 0 Å². The molecule has 1 aromatic rings. The van der Waals surface area contributed by atoms with Crippen molar-refractivity contribution < 1.29 is 22.4 Å². The van der Waals surface area contributed by atoms with Gasteiger partial charge < -0.3 is 22.4 Å². The summed E-state index contributed by atoms with van der Waals surface area (Å²) in [6, 6.07) is 3.79. The number of halogens is 3. The van der Waals surface area contributed by atoms with Crippen molar-refractivity contribution in [2.75, 3.05) is 13.4 Å². The molecule has 1 aliphatic rings. The molecule has 18 heavy (non-hydrogen) atoms. The lowest BCUT2D eigenvalue weighted by molar-refractivity contribution is 0.00997. The predicted molar refractivity (Wildman–Crippen MR) is 64.1 cm³/mol. The largest absolute Gasteiger partial charge is 0.509 e. The van der Waals surface area contributed by atoms with E-state index in [2.05, 4.69) is 0 Å². The lowest BCUT2D eigenvalue weighted by atomic mass is 9.77. The summed E-state index contributed by atoms with van der Waals surface area (Å²) in [6.07, 6.45) is 2.39. The molecule has 100 valence electrons. The zero-order valence-corrected chi connectivity index (χ0v) is 10.2. The third kappa shape index (κ3) is 3.66. The van der Waals surface area contributed by atoms with E-state index in [4.69, 9.17) is 9.47 Å². The molecule has 0 spiro atoms. The minimum atomic E-state index is -4.95. The summed E-state index contributed by atoms with van der Waals surface area (Å²) < 4.78 is 48.2. The Bertz CT molecular complexity index is 416. The van der Waals surface area contributed by atoms with Crippen LogP contribution in [0.5, 0.6) is 5.75 Å². The SMILES string of the molecule is Cc1cc(OCOCC2CC2)ccc1[B-](F)(F)F. The quantitative estimate of drug-likeness (QED) is 0.444. The molecule has 2 rings (SSSR count). The average Bonchev–Trinajstić information content (AvgIpc) is 3.06. The zero-order chi connectivity index (χ0) is 13.2. The Morgan fingerprint density at radius 3 is 2.56 bits per heavy atom. The first kappa shape index (κ1) is 13.3. The fourth-order valence-corrected chi connectivity index (χ4v) is 1.71. The van der Waals surface area contributed by atoms with Gasteiger partial charge in [0.1, 0.15) is 5.75 Å². The van der Waals surface area contributed by atoms with Crippen LogP contribution in [0.1, 0.15) is 18.4 Å². The van der Waals surface area contributed by atoms with Gasteiger partial charge >= 0.3 is 6.98 Å². The Morgan fingerprint density at radius 2 is 2.00 bits per heavy atom. The van der Waals surface area contributed by atoms with Crippen LogP contribution in [0.2, 0.25) is 0 Å².